The molecule has 0 spiro atoms. The number of carbonyl (C=O) groups is 2. The van der Waals surface area contributed by atoms with Crippen LogP contribution in [0.1, 0.15) is 36.2 Å². The van der Waals surface area contributed by atoms with Crippen LogP contribution < -0.4 is 10.6 Å². The summed E-state index contributed by atoms with van der Waals surface area (Å²) in [6.45, 7) is 2.01. The van der Waals surface area contributed by atoms with Crippen molar-refractivity contribution in [2.45, 2.75) is 25.0 Å². The Morgan fingerprint density at radius 3 is 1.45 bits per heavy atom. The van der Waals surface area contributed by atoms with Crippen molar-refractivity contribution in [2.75, 3.05) is 40.5 Å². The molecule has 0 bridgehead atoms. The second-order valence-corrected chi connectivity index (χ2v) is 6.99. The molecular weight excluding hydrogens is 396 g/mol. The quantitative estimate of drug-likeness (QED) is 0.452. The minimum atomic E-state index is -0.932. The van der Waals surface area contributed by atoms with Gasteiger partial charge in [0.25, 0.3) is 11.8 Å². The maximum atomic E-state index is 13.0. The van der Waals surface area contributed by atoms with Crippen LogP contribution >= 0.6 is 0 Å². The molecule has 0 aliphatic rings. The largest absolute Gasteiger partial charge is 0.385 e. The summed E-state index contributed by atoms with van der Waals surface area (Å²) in [7, 11) is 3.24. The number of hydrogen-bond acceptors (Lipinski definition) is 5. The molecule has 7 heteroatoms. The van der Waals surface area contributed by atoms with Crippen LogP contribution in [-0.2, 0) is 23.8 Å². The second kappa shape index (κ2) is 14.3. The fourth-order valence-corrected chi connectivity index (χ4v) is 3.02. The maximum Gasteiger partial charge on any atom is 0.253 e. The van der Waals surface area contributed by atoms with Gasteiger partial charge in [-0.05, 0) is 24.0 Å². The Labute approximate surface area is 184 Å². The lowest BCUT2D eigenvalue weighted by molar-refractivity contribution is -0.147. The average molecular weight is 429 g/mol. The summed E-state index contributed by atoms with van der Waals surface area (Å²) < 4.78 is 16.2. The van der Waals surface area contributed by atoms with Gasteiger partial charge in [0.15, 0.2) is 12.2 Å². The van der Waals surface area contributed by atoms with Crippen LogP contribution in [0, 0.1) is 0 Å². The topological polar surface area (TPSA) is 85.9 Å². The molecule has 2 atom stereocenters. The summed E-state index contributed by atoms with van der Waals surface area (Å²) in [6, 6.07) is 18.4. The van der Waals surface area contributed by atoms with E-state index in [9.17, 15) is 9.59 Å². The fraction of sp³-hybridized carbons (Fsp3) is 0.417. The first-order chi connectivity index (χ1) is 15.2. The Hall–Kier alpha value is -2.74. The molecule has 0 heterocycles. The van der Waals surface area contributed by atoms with E-state index in [-0.39, 0.29) is 11.8 Å². The standard InChI is InChI=1S/C24H32N2O5/c1-29-17-9-15-25-23(27)21(19-11-5-3-6-12-19)31-22(20-13-7-4-8-14-20)24(28)26-16-10-18-30-2/h3-8,11-14,21-22H,9-10,15-18H2,1-2H3,(H,25,27)(H,26,28)/t21-,22+. The van der Waals surface area contributed by atoms with Crippen LogP contribution in [0.3, 0.4) is 0 Å². The summed E-state index contributed by atoms with van der Waals surface area (Å²) in [6.07, 6.45) is -0.491. The summed E-state index contributed by atoms with van der Waals surface area (Å²) in [5, 5.41) is 5.76. The first kappa shape index (κ1) is 24.5. The third kappa shape index (κ3) is 8.49. The van der Waals surface area contributed by atoms with Crippen molar-refractivity contribution in [3.05, 3.63) is 71.8 Å². The lowest BCUT2D eigenvalue weighted by Crippen LogP contribution is -2.37. The lowest BCUT2D eigenvalue weighted by Gasteiger charge is -2.24. The molecule has 7 nitrogen and oxygen atoms in total. The van der Waals surface area contributed by atoms with Crippen LogP contribution in [-0.4, -0.2) is 52.3 Å². The summed E-state index contributed by atoms with van der Waals surface area (Å²) in [4.78, 5) is 25.9. The number of hydrogen-bond donors (Lipinski definition) is 2. The highest BCUT2D eigenvalue weighted by Crippen LogP contribution is 2.27. The molecule has 2 aromatic rings. The predicted molar refractivity (Wildman–Crippen MR) is 118 cm³/mol. The van der Waals surface area contributed by atoms with E-state index in [0.29, 0.717) is 50.3 Å². The van der Waals surface area contributed by atoms with E-state index < -0.39 is 12.2 Å². The molecular formula is C24H32N2O5. The Balaban J connectivity index is 2.20. The minimum absolute atomic E-state index is 0.296. The average Bonchev–Trinajstić information content (AvgIpc) is 2.81. The molecule has 0 unspecified atom stereocenters. The molecule has 31 heavy (non-hydrogen) atoms. The van der Waals surface area contributed by atoms with Gasteiger partial charge in [-0.2, -0.15) is 0 Å². The van der Waals surface area contributed by atoms with Gasteiger partial charge in [-0.15, -0.1) is 0 Å². The van der Waals surface area contributed by atoms with Gasteiger partial charge in [0.2, 0.25) is 0 Å². The smallest absolute Gasteiger partial charge is 0.253 e. The van der Waals surface area contributed by atoms with Gasteiger partial charge in [0.05, 0.1) is 0 Å². The molecule has 2 rings (SSSR count). The number of ether oxygens (including phenoxy) is 3. The van der Waals surface area contributed by atoms with E-state index in [4.69, 9.17) is 14.2 Å². The van der Waals surface area contributed by atoms with Crippen molar-refractivity contribution >= 4 is 11.8 Å². The predicted octanol–water partition coefficient (Wildman–Crippen LogP) is 2.79. The molecule has 0 aliphatic carbocycles. The molecule has 0 fully saturated rings. The molecule has 168 valence electrons. The van der Waals surface area contributed by atoms with Crippen molar-refractivity contribution in [1.82, 2.24) is 10.6 Å². The van der Waals surface area contributed by atoms with Gasteiger partial charge < -0.3 is 24.8 Å². The number of carbonyl (C=O) groups excluding carboxylic acids is 2. The van der Waals surface area contributed by atoms with E-state index in [2.05, 4.69) is 10.6 Å². The second-order valence-electron chi connectivity index (χ2n) is 6.99. The van der Waals surface area contributed by atoms with Gasteiger partial charge in [0.1, 0.15) is 0 Å². The normalized spacial score (nSPS) is 12.7. The zero-order chi connectivity index (χ0) is 22.3. The fourth-order valence-electron chi connectivity index (χ4n) is 3.02. The van der Waals surface area contributed by atoms with Crippen LogP contribution in [0.5, 0.6) is 0 Å². The van der Waals surface area contributed by atoms with E-state index in [1.54, 1.807) is 14.2 Å². The van der Waals surface area contributed by atoms with Gasteiger partial charge in [0, 0.05) is 40.5 Å². The van der Waals surface area contributed by atoms with Gasteiger partial charge in [-0.25, -0.2) is 0 Å². The number of rotatable bonds is 14. The highest BCUT2D eigenvalue weighted by molar-refractivity contribution is 5.85. The SMILES string of the molecule is COCCCNC(=O)[C@@H](O[C@@H](C(=O)NCCCOC)c1ccccc1)c1ccccc1. The monoisotopic (exact) mass is 428 g/mol. The third-order valence-corrected chi connectivity index (χ3v) is 4.60. The first-order valence-corrected chi connectivity index (χ1v) is 10.5. The molecule has 0 radical (unpaired) electrons. The van der Waals surface area contributed by atoms with Gasteiger partial charge >= 0.3 is 0 Å². The van der Waals surface area contributed by atoms with Crippen LogP contribution in [0.25, 0.3) is 0 Å². The maximum absolute atomic E-state index is 13.0. The molecule has 0 saturated carbocycles. The summed E-state index contributed by atoms with van der Waals surface area (Å²) >= 11 is 0. The van der Waals surface area contributed by atoms with Gasteiger partial charge in [-0.1, -0.05) is 60.7 Å². The van der Waals surface area contributed by atoms with E-state index >= 15 is 0 Å². The molecule has 2 N–H and O–H groups in total. The number of methoxy groups -OCH3 is 2. The van der Waals surface area contributed by atoms with Crippen molar-refractivity contribution < 1.29 is 23.8 Å². The Morgan fingerprint density at radius 2 is 1.10 bits per heavy atom. The Kier molecular flexibility index (Phi) is 11.3. The third-order valence-electron chi connectivity index (χ3n) is 4.60. The van der Waals surface area contributed by atoms with E-state index in [1.165, 1.54) is 0 Å². The van der Waals surface area contributed by atoms with Crippen molar-refractivity contribution in [3.8, 4) is 0 Å². The number of nitrogens with one attached hydrogen (secondary N) is 2. The first-order valence-electron chi connectivity index (χ1n) is 10.5. The van der Waals surface area contributed by atoms with E-state index in [1.807, 2.05) is 60.7 Å². The molecule has 0 aliphatic heterocycles. The number of amides is 2. The van der Waals surface area contributed by atoms with Crippen LogP contribution in [0.2, 0.25) is 0 Å². The van der Waals surface area contributed by atoms with Crippen molar-refractivity contribution in [1.29, 1.82) is 0 Å². The highest BCUT2D eigenvalue weighted by Gasteiger charge is 2.30. The lowest BCUT2D eigenvalue weighted by atomic mass is 10.1. The molecule has 0 aromatic heterocycles. The molecule has 0 saturated heterocycles. The summed E-state index contributed by atoms with van der Waals surface area (Å²) in [5.74, 6) is -0.592. The zero-order valence-electron chi connectivity index (χ0n) is 18.2. The number of benzene rings is 2. The molecule has 2 amide bonds. The van der Waals surface area contributed by atoms with Crippen LogP contribution in [0.4, 0.5) is 0 Å². The van der Waals surface area contributed by atoms with Crippen molar-refractivity contribution in [2.24, 2.45) is 0 Å². The minimum Gasteiger partial charge on any atom is -0.385 e. The van der Waals surface area contributed by atoms with Crippen LogP contribution in [0.15, 0.2) is 60.7 Å². The summed E-state index contributed by atoms with van der Waals surface area (Å²) in [5.41, 5.74) is 1.36. The zero-order valence-corrected chi connectivity index (χ0v) is 18.2. The van der Waals surface area contributed by atoms with Gasteiger partial charge in [-0.3, -0.25) is 9.59 Å². The Bertz CT molecular complexity index is 705. The van der Waals surface area contributed by atoms with Crippen molar-refractivity contribution in [3.63, 3.8) is 0 Å². The molecule has 2 aromatic carbocycles. The Morgan fingerprint density at radius 1 is 0.710 bits per heavy atom. The highest BCUT2D eigenvalue weighted by atomic mass is 16.5. The van der Waals surface area contributed by atoms with E-state index in [0.717, 1.165) is 0 Å².